The molecule has 0 radical (unpaired) electrons. The second-order valence-corrected chi connectivity index (χ2v) is 7.24. The molecule has 4 rings (SSSR count). The van der Waals surface area contributed by atoms with Crippen molar-refractivity contribution in [2.45, 2.75) is 32.2 Å². The third-order valence-corrected chi connectivity index (χ3v) is 5.99. The van der Waals surface area contributed by atoms with Crippen LogP contribution in [0.25, 0.3) is 10.2 Å². The minimum atomic E-state index is 0.0956. The van der Waals surface area contributed by atoms with E-state index in [9.17, 15) is 4.79 Å². The van der Waals surface area contributed by atoms with Gasteiger partial charge in [0.1, 0.15) is 17.0 Å². The highest BCUT2D eigenvalue weighted by molar-refractivity contribution is 7.18. The largest absolute Gasteiger partial charge is 0.356 e. The molecule has 1 N–H and O–H groups in total. The Bertz CT molecular complexity index is 722. The van der Waals surface area contributed by atoms with E-state index in [1.807, 2.05) is 4.90 Å². The van der Waals surface area contributed by atoms with E-state index in [1.165, 1.54) is 10.3 Å². The standard InChI is InChI=1S/C16H21N5OS/c1-2-12-9-13-14(18-10-19-15(13)23-12)20-6-3-11(4-7-20)21-8-5-17-16(21)22/h9-11H,2-8H2,1H3,(H,17,22). The van der Waals surface area contributed by atoms with Crippen LogP contribution in [0.1, 0.15) is 24.6 Å². The third kappa shape index (κ3) is 2.63. The molecule has 2 aliphatic rings. The van der Waals surface area contributed by atoms with Gasteiger partial charge in [-0.3, -0.25) is 0 Å². The number of rotatable bonds is 3. The van der Waals surface area contributed by atoms with Gasteiger partial charge in [0.05, 0.1) is 5.39 Å². The summed E-state index contributed by atoms with van der Waals surface area (Å²) in [6.45, 7) is 5.67. The lowest BCUT2D eigenvalue weighted by atomic mass is 10.0. The van der Waals surface area contributed by atoms with E-state index in [4.69, 9.17) is 0 Å². The van der Waals surface area contributed by atoms with Gasteiger partial charge in [0.2, 0.25) is 0 Å². The van der Waals surface area contributed by atoms with Crippen LogP contribution in [0.3, 0.4) is 0 Å². The smallest absolute Gasteiger partial charge is 0.317 e. The van der Waals surface area contributed by atoms with E-state index in [2.05, 4.69) is 33.2 Å². The molecule has 2 aromatic heterocycles. The van der Waals surface area contributed by atoms with Gasteiger partial charge in [0, 0.05) is 37.1 Å². The molecule has 0 atom stereocenters. The topological polar surface area (TPSA) is 61.4 Å². The first-order valence-electron chi connectivity index (χ1n) is 8.29. The molecule has 0 aromatic carbocycles. The fourth-order valence-electron chi connectivity index (χ4n) is 3.54. The molecule has 0 unspecified atom stereocenters. The number of hydrogen-bond acceptors (Lipinski definition) is 5. The number of carbonyl (C=O) groups is 1. The number of nitrogens with zero attached hydrogens (tertiary/aromatic N) is 4. The summed E-state index contributed by atoms with van der Waals surface area (Å²) in [7, 11) is 0. The molecule has 2 fully saturated rings. The van der Waals surface area contributed by atoms with Gasteiger partial charge in [-0.15, -0.1) is 11.3 Å². The van der Waals surface area contributed by atoms with Crippen LogP contribution >= 0.6 is 11.3 Å². The molecule has 2 amide bonds. The number of fused-ring (bicyclic) bond motifs is 1. The van der Waals surface area contributed by atoms with Gasteiger partial charge in [-0.25, -0.2) is 14.8 Å². The zero-order chi connectivity index (χ0) is 15.8. The Balaban J connectivity index is 1.52. The first kappa shape index (κ1) is 14.7. The number of piperidine rings is 1. The maximum Gasteiger partial charge on any atom is 0.317 e. The number of hydrogen-bond donors (Lipinski definition) is 1. The number of thiophene rings is 1. The molecular weight excluding hydrogens is 310 g/mol. The number of nitrogens with one attached hydrogen (secondary N) is 1. The summed E-state index contributed by atoms with van der Waals surface area (Å²) >= 11 is 1.76. The lowest BCUT2D eigenvalue weighted by Crippen LogP contribution is -2.46. The minimum Gasteiger partial charge on any atom is -0.356 e. The Labute approximate surface area is 139 Å². The predicted octanol–water partition coefficient (Wildman–Crippen LogP) is 2.25. The van der Waals surface area contributed by atoms with Crippen molar-refractivity contribution in [2.75, 3.05) is 31.1 Å². The fraction of sp³-hybridized carbons (Fsp3) is 0.562. The highest BCUT2D eigenvalue weighted by Crippen LogP contribution is 2.32. The van der Waals surface area contributed by atoms with E-state index in [1.54, 1.807) is 17.7 Å². The molecule has 6 nitrogen and oxygen atoms in total. The number of anilines is 1. The molecule has 0 aliphatic carbocycles. The van der Waals surface area contributed by atoms with E-state index < -0.39 is 0 Å². The summed E-state index contributed by atoms with van der Waals surface area (Å²) in [5.74, 6) is 1.05. The number of aromatic nitrogens is 2. The number of amides is 2. The normalized spacial score (nSPS) is 19.6. The molecule has 0 saturated carbocycles. The van der Waals surface area contributed by atoms with Gasteiger partial charge in [0.25, 0.3) is 0 Å². The van der Waals surface area contributed by atoms with Crippen LogP contribution in [0.5, 0.6) is 0 Å². The van der Waals surface area contributed by atoms with Crippen molar-refractivity contribution in [3.8, 4) is 0 Å². The summed E-state index contributed by atoms with van der Waals surface area (Å²) < 4.78 is 0. The fourth-order valence-corrected chi connectivity index (χ4v) is 4.47. The van der Waals surface area contributed by atoms with Crippen LogP contribution in [0.15, 0.2) is 12.4 Å². The Kier molecular flexibility index (Phi) is 3.80. The van der Waals surface area contributed by atoms with E-state index >= 15 is 0 Å². The molecule has 0 spiro atoms. The number of carbonyl (C=O) groups excluding carboxylic acids is 1. The van der Waals surface area contributed by atoms with Gasteiger partial charge >= 0.3 is 6.03 Å². The zero-order valence-corrected chi connectivity index (χ0v) is 14.1. The summed E-state index contributed by atoms with van der Waals surface area (Å²) in [4.78, 5) is 27.5. The van der Waals surface area contributed by atoms with Crippen molar-refractivity contribution < 1.29 is 4.79 Å². The molecule has 7 heteroatoms. The molecule has 2 saturated heterocycles. The quantitative estimate of drug-likeness (QED) is 0.937. The molecule has 0 bridgehead atoms. The molecule has 2 aromatic rings. The molecular formula is C16H21N5OS. The van der Waals surface area contributed by atoms with Crippen LogP contribution in [-0.4, -0.2) is 53.1 Å². The van der Waals surface area contributed by atoms with Crippen molar-refractivity contribution >= 4 is 33.4 Å². The first-order chi connectivity index (χ1) is 11.3. The maximum atomic E-state index is 11.8. The van der Waals surface area contributed by atoms with Crippen LogP contribution < -0.4 is 10.2 Å². The van der Waals surface area contributed by atoms with Gasteiger partial charge in [-0.1, -0.05) is 6.92 Å². The number of aryl methyl sites for hydroxylation is 1. The van der Waals surface area contributed by atoms with E-state index in [0.29, 0.717) is 6.04 Å². The van der Waals surface area contributed by atoms with Gasteiger partial charge in [-0.05, 0) is 25.3 Å². The minimum absolute atomic E-state index is 0.0956. The Hall–Kier alpha value is -1.89. The SMILES string of the molecule is CCc1cc2c(N3CCC(N4CCNC4=O)CC3)ncnc2s1. The van der Waals surface area contributed by atoms with Crippen LogP contribution in [-0.2, 0) is 6.42 Å². The van der Waals surface area contributed by atoms with Crippen molar-refractivity contribution in [1.29, 1.82) is 0 Å². The lowest BCUT2D eigenvalue weighted by molar-refractivity contribution is 0.186. The summed E-state index contributed by atoms with van der Waals surface area (Å²) in [6.07, 6.45) is 4.72. The molecule has 122 valence electrons. The summed E-state index contributed by atoms with van der Waals surface area (Å²) in [5.41, 5.74) is 0. The lowest BCUT2D eigenvalue weighted by Gasteiger charge is -2.36. The second-order valence-electron chi connectivity index (χ2n) is 6.13. The Morgan fingerprint density at radius 3 is 2.83 bits per heavy atom. The van der Waals surface area contributed by atoms with Crippen LogP contribution in [0.2, 0.25) is 0 Å². The van der Waals surface area contributed by atoms with Crippen LogP contribution in [0, 0.1) is 0 Å². The highest BCUT2D eigenvalue weighted by Gasteiger charge is 2.31. The van der Waals surface area contributed by atoms with Crippen molar-refractivity contribution in [2.24, 2.45) is 0 Å². The van der Waals surface area contributed by atoms with Crippen molar-refractivity contribution in [1.82, 2.24) is 20.2 Å². The number of urea groups is 1. The summed E-state index contributed by atoms with van der Waals surface area (Å²) in [5, 5.41) is 4.07. The summed E-state index contributed by atoms with van der Waals surface area (Å²) in [6, 6.07) is 2.69. The molecule has 2 aliphatic heterocycles. The van der Waals surface area contributed by atoms with E-state index in [-0.39, 0.29) is 6.03 Å². The van der Waals surface area contributed by atoms with Crippen molar-refractivity contribution in [3.63, 3.8) is 0 Å². The Morgan fingerprint density at radius 1 is 1.30 bits per heavy atom. The molecule has 23 heavy (non-hydrogen) atoms. The Morgan fingerprint density at radius 2 is 2.13 bits per heavy atom. The monoisotopic (exact) mass is 331 g/mol. The maximum absolute atomic E-state index is 11.8. The van der Waals surface area contributed by atoms with Gasteiger partial charge < -0.3 is 15.1 Å². The van der Waals surface area contributed by atoms with Crippen molar-refractivity contribution in [3.05, 3.63) is 17.3 Å². The molecule has 4 heterocycles. The first-order valence-corrected chi connectivity index (χ1v) is 9.10. The zero-order valence-electron chi connectivity index (χ0n) is 13.3. The highest BCUT2D eigenvalue weighted by atomic mass is 32.1. The third-order valence-electron chi connectivity index (χ3n) is 4.80. The average molecular weight is 331 g/mol. The van der Waals surface area contributed by atoms with Gasteiger partial charge in [-0.2, -0.15) is 0 Å². The average Bonchev–Trinajstić information content (AvgIpc) is 3.20. The van der Waals surface area contributed by atoms with Gasteiger partial charge in [0.15, 0.2) is 0 Å². The predicted molar refractivity (Wildman–Crippen MR) is 92.1 cm³/mol. The van der Waals surface area contributed by atoms with Crippen LogP contribution in [0.4, 0.5) is 10.6 Å². The second kappa shape index (κ2) is 5.96. The van der Waals surface area contributed by atoms with E-state index in [0.717, 1.165) is 56.1 Å².